The molecule has 7 nitrogen and oxygen atoms in total. The number of carboxylic acid groups (broad SMARTS) is 1. The Kier molecular flexibility index (Phi) is 7.51. The summed E-state index contributed by atoms with van der Waals surface area (Å²) in [7, 11) is 0. The Morgan fingerprint density at radius 2 is 1.56 bits per heavy atom. The van der Waals surface area contributed by atoms with Crippen LogP contribution >= 0.6 is 0 Å². The summed E-state index contributed by atoms with van der Waals surface area (Å²) in [6, 6.07) is 15.7. The van der Waals surface area contributed by atoms with E-state index in [1.807, 2.05) is 30.3 Å². The van der Waals surface area contributed by atoms with Crippen molar-refractivity contribution >= 4 is 17.8 Å². The molecule has 0 saturated heterocycles. The van der Waals surface area contributed by atoms with Gasteiger partial charge in [0.15, 0.2) is 0 Å². The van der Waals surface area contributed by atoms with Gasteiger partial charge in [-0.3, -0.25) is 14.4 Å². The van der Waals surface area contributed by atoms with Crippen molar-refractivity contribution in [1.82, 2.24) is 10.6 Å². The van der Waals surface area contributed by atoms with Gasteiger partial charge in [-0.2, -0.15) is 0 Å². The van der Waals surface area contributed by atoms with Gasteiger partial charge in [-0.05, 0) is 24.6 Å². The monoisotopic (exact) mass is 370 g/mol. The maximum Gasteiger partial charge on any atom is 0.325 e. The lowest BCUT2D eigenvalue weighted by Gasteiger charge is -2.20. The van der Waals surface area contributed by atoms with Crippen LogP contribution in [0.15, 0.2) is 60.7 Å². The fourth-order valence-corrected chi connectivity index (χ4v) is 2.26. The zero-order valence-electron chi connectivity index (χ0n) is 14.9. The van der Waals surface area contributed by atoms with Gasteiger partial charge in [-0.25, -0.2) is 0 Å². The van der Waals surface area contributed by atoms with Gasteiger partial charge >= 0.3 is 5.97 Å². The molecule has 2 atom stereocenters. The maximum atomic E-state index is 12.4. The number of carbonyl (C=O) groups excluding carboxylic acids is 2. The highest BCUT2D eigenvalue weighted by Crippen LogP contribution is 2.03. The van der Waals surface area contributed by atoms with E-state index >= 15 is 0 Å². The van der Waals surface area contributed by atoms with E-state index in [1.165, 1.54) is 6.92 Å². The zero-order chi connectivity index (χ0) is 19.6. The van der Waals surface area contributed by atoms with Gasteiger partial charge in [-0.15, -0.1) is 0 Å². The molecule has 2 aromatic carbocycles. The Balaban J connectivity index is 2.01. The lowest BCUT2D eigenvalue weighted by Crippen LogP contribution is -2.52. The van der Waals surface area contributed by atoms with Crippen molar-refractivity contribution in [2.45, 2.75) is 25.6 Å². The lowest BCUT2D eigenvalue weighted by molar-refractivity contribution is -0.141. The Bertz CT molecular complexity index is 764. The molecule has 27 heavy (non-hydrogen) atoms. The van der Waals surface area contributed by atoms with E-state index in [0.29, 0.717) is 5.56 Å². The molecule has 7 heteroatoms. The van der Waals surface area contributed by atoms with Crippen LogP contribution in [0, 0.1) is 0 Å². The summed E-state index contributed by atoms with van der Waals surface area (Å²) in [5.41, 5.74) is 1.31. The fourth-order valence-electron chi connectivity index (χ4n) is 2.26. The topological polar surface area (TPSA) is 105 Å². The molecule has 0 radical (unpaired) electrons. The van der Waals surface area contributed by atoms with Gasteiger partial charge in [0.1, 0.15) is 12.1 Å². The van der Waals surface area contributed by atoms with Crippen molar-refractivity contribution in [1.29, 1.82) is 0 Å². The van der Waals surface area contributed by atoms with Gasteiger partial charge in [0.25, 0.3) is 5.91 Å². The SMILES string of the molecule is CC(NC(=O)C(COCc1ccccc1)NC(=O)c1ccccc1)C(=O)O. The summed E-state index contributed by atoms with van der Waals surface area (Å²) in [4.78, 5) is 35.7. The number of aliphatic carboxylic acids is 1. The predicted octanol–water partition coefficient (Wildman–Crippen LogP) is 1.59. The number of nitrogens with one attached hydrogen (secondary N) is 2. The minimum absolute atomic E-state index is 0.0916. The summed E-state index contributed by atoms with van der Waals surface area (Å²) in [5.74, 6) is -2.23. The first-order chi connectivity index (χ1) is 13.0. The molecule has 2 amide bonds. The van der Waals surface area contributed by atoms with E-state index in [0.717, 1.165) is 5.56 Å². The first kappa shape index (κ1) is 20.1. The van der Waals surface area contributed by atoms with Crippen molar-refractivity contribution < 1.29 is 24.2 Å². The molecular formula is C20H22N2O5. The molecule has 0 fully saturated rings. The van der Waals surface area contributed by atoms with Crippen LogP contribution in [0.3, 0.4) is 0 Å². The molecule has 2 unspecified atom stereocenters. The highest BCUT2D eigenvalue weighted by Gasteiger charge is 2.25. The average Bonchev–Trinajstić information content (AvgIpc) is 2.68. The van der Waals surface area contributed by atoms with E-state index in [9.17, 15) is 14.4 Å². The van der Waals surface area contributed by atoms with Gasteiger partial charge in [0, 0.05) is 5.56 Å². The Morgan fingerprint density at radius 3 is 2.15 bits per heavy atom. The number of hydrogen-bond acceptors (Lipinski definition) is 4. The Hall–Kier alpha value is -3.19. The quantitative estimate of drug-likeness (QED) is 0.622. The molecule has 0 aliphatic rings. The number of ether oxygens (including phenoxy) is 1. The fraction of sp³-hybridized carbons (Fsp3) is 0.250. The van der Waals surface area contributed by atoms with Crippen LogP contribution in [0.1, 0.15) is 22.8 Å². The van der Waals surface area contributed by atoms with E-state index < -0.39 is 29.9 Å². The molecule has 0 aliphatic heterocycles. The second-order valence-corrected chi connectivity index (χ2v) is 5.96. The Labute approximate surface area is 157 Å². The van der Waals surface area contributed by atoms with Gasteiger partial charge in [-0.1, -0.05) is 48.5 Å². The van der Waals surface area contributed by atoms with E-state index in [4.69, 9.17) is 9.84 Å². The maximum absolute atomic E-state index is 12.4. The molecule has 0 saturated carbocycles. The molecule has 0 spiro atoms. The number of hydrogen-bond donors (Lipinski definition) is 3. The first-order valence-corrected chi connectivity index (χ1v) is 8.48. The largest absolute Gasteiger partial charge is 0.480 e. The summed E-state index contributed by atoms with van der Waals surface area (Å²) in [6.45, 7) is 1.52. The summed E-state index contributed by atoms with van der Waals surface area (Å²) >= 11 is 0. The third-order valence-electron chi connectivity index (χ3n) is 3.78. The highest BCUT2D eigenvalue weighted by molar-refractivity contribution is 5.98. The average molecular weight is 370 g/mol. The number of rotatable bonds is 9. The van der Waals surface area contributed by atoms with Crippen LogP contribution in [-0.4, -0.2) is 41.6 Å². The molecule has 142 valence electrons. The second-order valence-electron chi connectivity index (χ2n) is 5.96. The minimum atomic E-state index is -1.17. The third kappa shape index (κ3) is 6.56. The number of amides is 2. The first-order valence-electron chi connectivity index (χ1n) is 8.48. The van der Waals surface area contributed by atoms with Crippen LogP contribution in [0.25, 0.3) is 0 Å². The molecule has 2 rings (SSSR count). The van der Waals surface area contributed by atoms with Gasteiger partial charge < -0.3 is 20.5 Å². The molecule has 0 aromatic heterocycles. The van der Waals surface area contributed by atoms with E-state index in [2.05, 4.69) is 10.6 Å². The number of carboxylic acids is 1. The molecule has 3 N–H and O–H groups in total. The highest BCUT2D eigenvalue weighted by atomic mass is 16.5. The van der Waals surface area contributed by atoms with Crippen LogP contribution in [0.4, 0.5) is 0 Å². The van der Waals surface area contributed by atoms with Crippen molar-refractivity contribution in [3.05, 3.63) is 71.8 Å². The molecule has 0 heterocycles. The molecular weight excluding hydrogens is 348 g/mol. The summed E-state index contributed by atoms with van der Waals surface area (Å²) < 4.78 is 5.56. The summed E-state index contributed by atoms with van der Waals surface area (Å²) in [6.07, 6.45) is 0. The smallest absolute Gasteiger partial charge is 0.325 e. The van der Waals surface area contributed by atoms with Crippen molar-refractivity contribution in [3.63, 3.8) is 0 Å². The van der Waals surface area contributed by atoms with Crippen LogP contribution < -0.4 is 10.6 Å². The third-order valence-corrected chi connectivity index (χ3v) is 3.78. The Morgan fingerprint density at radius 1 is 0.963 bits per heavy atom. The molecule has 0 bridgehead atoms. The second kappa shape index (κ2) is 10.1. The van der Waals surface area contributed by atoms with Crippen LogP contribution in [0.2, 0.25) is 0 Å². The number of carbonyl (C=O) groups is 3. The minimum Gasteiger partial charge on any atom is -0.480 e. The van der Waals surface area contributed by atoms with Gasteiger partial charge in [0.05, 0.1) is 13.2 Å². The van der Waals surface area contributed by atoms with Crippen molar-refractivity contribution in [2.75, 3.05) is 6.61 Å². The molecule has 2 aromatic rings. The lowest BCUT2D eigenvalue weighted by atomic mass is 10.2. The zero-order valence-corrected chi connectivity index (χ0v) is 14.9. The van der Waals surface area contributed by atoms with E-state index in [1.54, 1.807) is 30.3 Å². The van der Waals surface area contributed by atoms with Crippen molar-refractivity contribution in [2.24, 2.45) is 0 Å². The van der Waals surface area contributed by atoms with Crippen molar-refractivity contribution in [3.8, 4) is 0 Å². The summed E-state index contributed by atoms with van der Waals surface area (Å²) in [5, 5.41) is 13.9. The van der Waals surface area contributed by atoms with Gasteiger partial charge in [0.2, 0.25) is 5.91 Å². The standard InChI is InChI=1S/C20H22N2O5/c1-14(20(25)26)21-19(24)17(13-27-12-15-8-4-2-5-9-15)22-18(23)16-10-6-3-7-11-16/h2-11,14,17H,12-13H2,1H3,(H,21,24)(H,22,23)(H,25,26). The van der Waals surface area contributed by atoms with Crippen LogP contribution in [-0.2, 0) is 20.9 Å². The predicted molar refractivity (Wildman–Crippen MR) is 99.0 cm³/mol. The van der Waals surface area contributed by atoms with E-state index in [-0.39, 0.29) is 13.2 Å². The molecule has 0 aliphatic carbocycles. The normalized spacial score (nSPS) is 12.6. The van der Waals surface area contributed by atoms with Crippen LogP contribution in [0.5, 0.6) is 0 Å². The number of benzene rings is 2.